The molecule has 0 unspecified atom stereocenters. The van der Waals surface area contributed by atoms with E-state index in [0.29, 0.717) is 22.6 Å². The van der Waals surface area contributed by atoms with E-state index in [1.807, 2.05) is 0 Å². The lowest BCUT2D eigenvalue weighted by Gasteiger charge is -2.05. The number of hydrogen-bond donors (Lipinski definition) is 2. The van der Waals surface area contributed by atoms with Crippen LogP contribution in [0.1, 0.15) is 15.9 Å². The number of halogens is 1. The molecule has 0 aliphatic rings. The number of rotatable bonds is 6. The van der Waals surface area contributed by atoms with Crippen LogP contribution in [0.5, 0.6) is 11.5 Å². The number of hydrazone groups is 1. The normalized spacial score (nSPS) is 10.4. The summed E-state index contributed by atoms with van der Waals surface area (Å²) in [4.78, 5) is 35.7. The Kier molecular flexibility index (Phi) is 7.26. The van der Waals surface area contributed by atoms with Crippen LogP contribution in [0.3, 0.4) is 0 Å². The lowest BCUT2D eigenvalue weighted by Crippen LogP contribution is -2.32. The van der Waals surface area contributed by atoms with Gasteiger partial charge in [-0.3, -0.25) is 9.59 Å². The largest absolute Gasteiger partial charge is 0.497 e. The topological polar surface area (TPSA) is 106 Å². The molecule has 0 heterocycles. The Labute approximate surface area is 182 Å². The van der Waals surface area contributed by atoms with Gasteiger partial charge in [0.05, 0.1) is 18.9 Å². The van der Waals surface area contributed by atoms with Gasteiger partial charge in [0.1, 0.15) is 17.3 Å². The van der Waals surface area contributed by atoms with Crippen molar-refractivity contribution in [2.45, 2.75) is 0 Å². The van der Waals surface area contributed by atoms with Crippen molar-refractivity contribution >= 4 is 29.7 Å². The zero-order valence-corrected chi connectivity index (χ0v) is 16.9. The van der Waals surface area contributed by atoms with Gasteiger partial charge >= 0.3 is 17.8 Å². The average Bonchev–Trinajstić information content (AvgIpc) is 2.81. The smallest absolute Gasteiger partial charge is 0.343 e. The summed E-state index contributed by atoms with van der Waals surface area (Å²) in [6.45, 7) is 0. The highest BCUT2D eigenvalue weighted by Crippen LogP contribution is 2.16. The van der Waals surface area contributed by atoms with Gasteiger partial charge in [0, 0.05) is 5.69 Å². The van der Waals surface area contributed by atoms with Crippen LogP contribution >= 0.6 is 0 Å². The molecule has 0 bridgehead atoms. The summed E-state index contributed by atoms with van der Waals surface area (Å²) in [5.41, 5.74) is 3.33. The van der Waals surface area contributed by atoms with Crippen LogP contribution in [0.4, 0.5) is 10.1 Å². The van der Waals surface area contributed by atoms with Crippen molar-refractivity contribution in [3.05, 3.63) is 89.7 Å². The lowest BCUT2D eigenvalue weighted by atomic mass is 10.2. The van der Waals surface area contributed by atoms with E-state index in [0.717, 1.165) is 12.1 Å². The molecule has 2 N–H and O–H groups in total. The molecule has 3 aromatic rings. The van der Waals surface area contributed by atoms with E-state index in [1.54, 1.807) is 48.5 Å². The van der Waals surface area contributed by atoms with Crippen molar-refractivity contribution in [2.24, 2.45) is 5.10 Å². The molecule has 0 aliphatic heterocycles. The summed E-state index contributed by atoms with van der Waals surface area (Å²) < 4.78 is 23.2. The van der Waals surface area contributed by atoms with Gasteiger partial charge in [0.15, 0.2) is 0 Å². The van der Waals surface area contributed by atoms with Crippen molar-refractivity contribution in [2.75, 3.05) is 12.4 Å². The average molecular weight is 435 g/mol. The first-order valence-corrected chi connectivity index (χ1v) is 9.31. The zero-order chi connectivity index (χ0) is 22.9. The Morgan fingerprint density at radius 1 is 0.844 bits per heavy atom. The molecule has 0 spiro atoms. The molecular weight excluding hydrogens is 417 g/mol. The van der Waals surface area contributed by atoms with Crippen LogP contribution in [0.25, 0.3) is 0 Å². The zero-order valence-electron chi connectivity index (χ0n) is 16.9. The van der Waals surface area contributed by atoms with E-state index < -0.39 is 23.6 Å². The summed E-state index contributed by atoms with van der Waals surface area (Å²) in [5.74, 6) is -1.96. The second-order valence-electron chi connectivity index (χ2n) is 6.35. The number of anilines is 1. The molecule has 0 radical (unpaired) electrons. The van der Waals surface area contributed by atoms with Crippen molar-refractivity contribution in [3.63, 3.8) is 0 Å². The fourth-order valence-corrected chi connectivity index (χ4v) is 2.45. The molecule has 0 atom stereocenters. The van der Waals surface area contributed by atoms with Gasteiger partial charge in [-0.2, -0.15) is 5.10 Å². The maximum Gasteiger partial charge on any atom is 0.343 e. The van der Waals surface area contributed by atoms with E-state index in [1.165, 1.54) is 25.5 Å². The second kappa shape index (κ2) is 10.5. The van der Waals surface area contributed by atoms with Gasteiger partial charge in [-0.15, -0.1) is 0 Å². The maximum absolute atomic E-state index is 12.9. The summed E-state index contributed by atoms with van der Waals surface area (Å²) in [5, 5.41) is 6.02. The van der Waals surface area contributed by atoms with E-state index in [2.05, 4.69) is 15.8 Å². The third-order valence-electron chi connectivity index (χ3n) is 4.10. The minimum Gasteiger partial charge on any atom is -0.497 e. The minimum atomic E-state index is -0.990. The molecule has 9 heteroatoms. The Hall–Kier alpha value is -4.53. The molecular formula is C23H18FN3O5. The Morgan fingerprint density at radius 2 is 1.47 bits per heavy atom. The van der Waals surface area contributed by atoms with Crippen LogP contribution in [0, 0.1) is 5.82 Å². The predicted octanol–water partition coefficient (Wildman–Crippen LogP) is 3.14. The molecule has 0 saturated heterocycles. The van der Waals surface area contributed by atoms with Gasteiger partial charge < -0.3 is 14.8 Å². The Morgan fingerprint density at radius 3 is 2.09 bits per heavy atom. The number of nitrogens with one attached hydrogen (secondary N) is 2. The monoisotopic (exact) mass is 435 g/mol. The number of amides is 2. The van der Waals surface area contributed by atoms with E-state index in [9.17, 15) is 18.8 Å². The molecule has 0 saturated carbocycles. The summed E-state index contributed by atoms with van der Waals surface area (Å²) in [6.07, 6.45) is 1.32. The van der Waals surface area contributed by atoms with Crippen molar-refractivity contribution in [3.8, 4) is 11.5 Å². The first-order valence-electron chi connectivity index (χ1n) is 9.31. The highest BCUT2D eigenvalue weighted by atomic mass is 19.1. The number of benzene rings is 3. The van der Waals surface area contributed by atoms with Gasteiger partial charge in [-0.25, -0.2) is 14.6 Å². The molecule has 32 heavy (non-hydrogen) atoms. The fraction of sp³-hybridized carbons (Fsp3) is 0.0435. The SMILES string of the molecule is COc1ccc(C(=O)Oc2ccc(/C=N\NC(=O)C(=O)Nc3ccc(F)cc3)cc2)cc1. The van der Waals surface area contributed by atoms with E-state index in [-0.39, 0.29) is 5.69 Å². The molecule has 162 valence electrons. The van der Waals surface area contributed by atoms with Gasteiger partial charge in [-0.05, 0) is 78.4 Å². The van der Waals surface area contributed by atoms with E-state index in [4.69, 9.17) is 9.47 Å². The van der Waals surface area contributed by atoms with E-state index >= 15 is 0 Å². The number of ether oxygens (including phenoxy) is 2. The van der Waals surface area contributed by atoms with Crippen molar-refractivity contribution in [1.82, 2.24) is 5.43 Å². The van der Waals surface area contributed by atoms with Crippen LogP contribution in [-0.2, 0) is 9.59 Å². The number of methoxy groups -OCH3 is 1. The molecule has 2 amide bonds. The number of esters is 1. The summed E-state index contributed by atoms with van der Waals surface area (Å²) >= 11 is 0. The minimum absolute atomic E-state index is 0.273. The molecule has 3 aromatic carbocycles. The van der Waals surface area contributed by atoms with Crippen LogP contribution < -0.4 is 20.2 Å². The highest BCUT2D eigenvalue weighted by Gasteiger charge is 2.13. The Bertz CT molecular complexity index is 1130. The van der Waals surface area contributed by atoms with Gasteiger partial charge in [0.2, 0.25) is 0 Å². The number of nitrogens with zero attached hydrogens (tertiary/aromatic N) is 1. The summed E-state index contributed by atoms with van der Waals surface area (Å²) in [7, 11) is 1.53. The highest BCUT2D eigenvalue weighted by molar-refractivity contribution is 6.39. The van der Waals surface area contributed by atoms with Crippen LogP contribution in [0.15, 0.2) is 77.9 Å². The van der Waals surface area contributed by atoms with Crippen LogP contribution in [0.2, 0.25) is 0 Å². The maximum atomic E-state index is 12.9. The van der Waals surface area contributed by atoms with Gasteiger partial charge in [-0.1, -0.05) is 0 Å². The summed E-state index contributed by atoms with van der Waals surface area (Å²) in [6, 6.07) is 17.8. The lowest BCUT2D eigenvalue weighted by molar-refractivity contribution is -0.136. The molecule has 8 nitrogen and oxygen atoms in total. The fourth-order valence-electron chi connectivity index (χ4n) is 2.45. The third kappa shape index (κ3) is 6.23. The third-order valence-corrected chi connectivity index (χ3v) is 4.10. The van der Waals surface area contributed by atoms with Crippen molar-refractivity contribution in [1.29, 1.82) is 0 Å². The Balaban J connectivity index is 1.49. The van der Waals surface area contributed by atoms with Crippen LogP contribution in [-0.4, -0.2) is 31.1 Å². The number of carbonyl (C=O) groups is 3. The molecule has 3 rings (SSSR count). The first kappa shape index (κ1) is 22.2. The molecule has 0 aromatic heterocycles. The number of hydrogen-bond acceptors (Lipinski definition) is 6. The molecule has 0 fully saturated rings. The quantitative estimate of drug-likeness (QED) is 0.203. The first-order chi connectivity index (χ1) is 15.4. The second-order valence-corrected chi connectivity index (χ2v) is 6.35. The predicted molar refractivity (Wildman–Crippen MR) is 115 cm³/mol. The van der Waals surface area contributed by atoms with Gasteiger partial charge in [0.25, 0.3) is 0 Å². The van der Waals surface area contributed by atoms with Crippen molar-refractivity contribution < 1.29 is 28.2 Å². The standard InChI is InChI=1S/C23H18FN3O5/c1-31-19-12-4-16(5-13-19)23(30)32-20-10-2-15(3-11-20)14-25-27-22(29)21(28)26-18-8-6-17(24)7-9-18/h2-14H,1H3,(H,26,28)(H,27,29)/b25-14-. The molecule has 0 aliphatic carbocycles. The number of carbonyl (C=O) groups excluding carboxylic acids is 3.